The van der Waals surface area contributed by atoms with Crippen LogP contribution in [0.2, 0.25) is 0 Å². The Bertz CT molecular complexity index is 692. The van der Waals surface area contributed by atoms with Crippen LogP contribution in [0.5, 0.6) is 11.5 Å². The summed E-state index contributed by atoms with van der Waals surface area (Å²) in [5.74, 6) is 1.68. The predicted octanol–water partition coefficient (Wildman–Crippen LogP) is 6.01. The molecule has 2 aromatic carbocycles. The third kappa shape index (κ3) is 3.60. The normalized spacial score (nSPS) is 10.3. The molecule has 0 saturated heterocycles. The molecule has 0 amide bonds. The van der Waals surface area contributed by atoms with Crippen LogP contribution >= 0.6 is 23.1 Å². The number of rotatable bonds is 5. The van der Waals surface area contributed by atoms with Crippen LogP contribution in [0.15, 0.2) is 70.3 Å². The van der Waals surface area contributed by atoms with Gasteiger partial charge in [0.15, 0.2) is 0 Å². The first kappa shape index (κ1) is 14.0. The highest BCUT2D eigenvalue weighted by atomic mass is 32.2. The Labute approximate surface area is 132 Å². The lowest BCUT2D eigenvalue weighted by Crippen LogP contribution is -1.90. The Kier molecular flexibility index (Phi) is 4.48. The molecule has 0 aliphatic heterocycles. The van der Waals surface area contributed by atoms with Gasteiger partial charge < -0.3 is 10.1 Å². The third-order valence-electron chi connectivity index (χ3n) is 2.93. The molecular weight excluding hydrogens is 298 g/mol. The summed E-state index contributed by atoms with van der Waals surface area (Å²) in [6, 6.07) is 19.9. The van der Waals surface area contributed by atoms with E-state index in [1.165, 1.54) is 4.21 Å². The van der Waals surface area contributed by atoms with Crippen molar-refractivity contribution in [3.05, 3.63) is 66.0 Å². The van der Waals surface area contributed by atoms with Crippen LogP contribution in [0.4, 0.5) is 11.4 Å². The van der Waals surface area contributed by atoms with E-state index >= 15 is 0 Å². The monoisotopic (exact) mass is 313 g/mol. The second-order valence-corrected chi connectivity index (χ2v) is 6.38. The number of anilines is 2. The molecular formula is C17H15NOS2. The van der Waals surface area contributed by atoms with Crippen LogP contribution in [0.1, 0.15) is 0 Å². The highest BCUT2D eigenvalue weighted by Crippen LogP contribution is 2.33. The molecule has 4 heteroatoms. The van der Waals surface area contributed by atoms with Gasteiger partial charge in [-0.05, 0) is 54.1 Å². The average molecular weight is 313 g/mol. The first-order valence-electron chi connectivity index (χ1n) is 6.56. The van der Waals surface area contributed by atoms with Crippen molar-refractivity contribution >= 4 is 34.5 Å². The Morgan fingerprint density at radius 3 is 2.33 bits per heavy atom. The molecule has 0 aliphatic carbocycles. The van der Waals surface area contributed by atoms with Crippen molar-refractivity contribution in [2.75, 3.05) is 11.6 Å². The topological polar surface area (TPSA) is 21.3 Å². The summed E-state index contributed by atoms with van der Waals surface area (Å²) in [6.07, 6.45) is 2.09. The third-order valence-corrected chi connectivity index (χ3v) is 5.01. The van der Waals surface area contributed by atoms with E-state index in [4.69, 9.17) is 4.74 Å². The van der Waals surface area contributed by atoms with E-state index in [-0.39, 0.29) is 0 Å². The summed E-state index contributed by atoms with van der Waals surface area (Å²) in [7, 11) is 0. The molecule has 0 radical (unpaired) electrons. The Balaban J connectivity index is 1.69. The number of hydrogen-bond donors (Lipinski definition) is 1. The number of thioether (sulfide) groups is 1. The molecule has 2 nitrogen and oxygen atoms in total. The Hall–Kier alpha value is -1.91. The minimum Gasteiger partial charge on any atom is -0.457 e. The van der Waals surface area contributed by atoms with Crippen LogP contribution in [0, 0.1) is 0 Å². The van der Waals surface area contributed by atoms with Gasteiger partial charge in [-0.1, -0.05) is 18.2 Å². The van der Waals surface area contributed by atoms with E-state index < -0.39 is 0 Å². The van der Waals surface area contributed by atoms with Crippen molar-refractivity contribution in [1.29, 1.82) is 0 Å². The van der Waals surface area contributed by atoms with Gasteiger partial charge in [0.05, 0.1) is 9.90 Å². The quantitative estimate of drug-likeness (QED) is 0.583. The second kappa shape index (κ2) is 6.70. The van der Waals surface area contributed by atoms with Gasteiger partial charge in [-0.25, -0.2) is 0 Å². The lowest BCUT2D eigenvalue weighted by molar-refractivity contribution is 0.483. The summed E-state index contributed by atoms with van der Waals surface area (Å²) in [5, 5.41) is 5.53. The molecule has 0 unspecified atom stereocenters. The fourth-order valence-corrected chi connectivity index (χ4v) is 3.40. The lowest BCUT2D eigenvalue weighted by atomic mass is 10.3. The minimum atomic E-state index is 0.835. The van der Waals surface area contributed by atoms with E-state index in [0.29, 0.717) is 0 Å². The molecule has 106 valence electrons. The number of ether oxygens (including phenoxy) is 1. The van der Waals surface area contributed by atoms with Crippen molar-refractivity contribution in [2.24, 2.45) is 0 Å². The molecule has 0 saturated carbocycles. The highest BCUT2D eigenvalue weighted by Gasteiger charge is 2.03. The summed E-state index contributed by atoms with van der Waals surface area (Å²) in [4.78, 5) is 0. The fourth-order valence-electron chi connectivity index (χ4n) is 1.93. The SMILES string of the molecule is CSc1sccc1Nc1ccc(Oc2ccccc2)cc1. The number of benzene rings is 2. The molecule has 1 heterocycles. The molecule has 21 heavy (non-hydrogen) atoms. The van der Waals surface area contributed by atoms with Crippen LogP contribution < -0.4 is 10.1 Å². The van der Waals surface area contributed by atoms with Gasteiger partial charge in [-0.3, -0.25) is 0 Å². The zero-order chi connectivity index (χ0) is 14.5. The van der Waals surface area contributed by atoms with Gasteiger partial charge in [0, 0.05) is 5.69 Å². The van der Waals surface area contributed by atoms with Gasteiger partial charge in [0.1, 0.15) is 11.5 Å². The second-order valence-electron chi connectivity index (χ2n) is 4.39. The number of nitrogens with one attached hydrogen (secondary N) is 1. The molecule has 0 bridgehead atoms. The summed E-state index contributed by atoms with van der Waals surface area (Å²) in [5.41, 5.74) is 2.22. The number of hydrogen-bond acceptors (Lipinski definition) is 4. The maximum atomic E-state index is 5.78. The van der Waals surface area contributed by atoms with Crippen molar-refractivity contribution < 1.29 is 4.74 Å². The van der Waals surface area contributed by atoms with Crippen molar-refractivity contribution in [2.45, 2.75) is 4.21 Å². The van der Waals surface area contributed by atoms with Crippen molar-refractivity contribution in [3.63, 3.8) is 0 Å². The summed E-state index contributed by atoms with van der Waals surface area (Å²) < 4.78 is 7.07. The molecule has 3 rings (SSSR count). The average Bonchev–Trinajstić information content (AvgIpc) is 2.97. The van der Waals surface area contributed by atoms with Crippen LogP contribution in [0.3, 0.4) is 0 Å². The first-order chi connectivity index (χ1) is 10.3. The Morgan fingerprint density at radius 1 is 0.905 bits per heavy atom. The standard InChI is InChI=1S/C17H15NOS2/c1-20-17-16(11-12-21-17)18-13-7-9-15(10-8-13)19-14-5-3-2-4-6-14/h2-12,18H,1H3. The zero-order valence-corrected chi connectivity index (χ0v) is 13.2. The smallest absolute Gasteiger partial charge is 0.127 e. The maximum absolute atomic E-state index is 5.78. The molecule has 1 aromatic heterocycles. The van der Waals surface area contributed by atoms with Crippen molar-refractivity contribution in [3.8, 4) is 11.5 Å². The summed E-state index contributed by atoms with van der Waals surface area (Å²) in [6.45, 7) is 0. The number of thiophene rings is 1. The number of para-hydroxylation sites is 1. The van der Waals surface area contributed by atoms with Crippen LogP contribution in [-0.2, 0) is 0 Å². The van der Waals surface area contributed by atoms with Crippen LogP contribution in [-0.4, -0.2) is 6.26 Å². The van der Waals surface area contributed by atoms with Gasteiger partial charge in [-0.15, -0.1) is 23.1 Å². The minimum absolute atomic E-state index is 0.835. The van der Waals surface area contributed by atoms with E-state index in [9.17, 15) is 0 Å². The van der Waals surface area contributed by atoms with Gasteiger partial charge >= 0.3 is 0 Å². The summed E-state index contributed by atoms with van der Waals surface area (Å²) >= 11 is 3.51. The molecule has 0 fully saturated rings. The van der Waals surface area contributed by atoms with Gasteiger partial charge in [0.25, 0.3) is 0 Å². The van der Waals surface area contributed by atoms with Gasteiger partial charge in [0.2, 0.25) is 0 Å². The molecule has 0 atom stereocenters. The zero-order valence-electron chi connectivity index (χ0n) is 11.6. The lowest BCUT2D eigenvalue weighted by Gasteiger charge is -2.08. The van der Waals surface area contributed by atoms with E-state index in [2.05, 4.69) is 23.0 Å². The molecule has 0 spiro atoms. The fraction of sp³-hybridized carbons (Fsp3) is 0.0588. The van der Waals surface area contributed by atoms with E-state index in [0.717, 1.165) is 22.9 Å². The molecule has 1 N–H and O–H groups in total. The molecule has 3 aromatic rings. The van der Waals surface area contributed by atoms with Crippen LogP contribution in [0.25, 0.3) is 0 Å². The van der Waals surface area contributed by atoms with E-state index in [1.807, 2.05) is 54.6 Å². The highest BCUT2D eigenvalue weighted by molar-refractivity contribution is 8.00. The Morgan fingerprint density at radius 2 is 1.62 bits per heavy atom. The largest absolute Gasteiger partial charge is 0.457 e. The van der Waals surface area contributed by atoms with E-state index in [1.54, 1.807) is 23.1 Å². The maximum Gasteiger partial charge on any atom is 0.127 e. The first-order valence-corrected chi connectivity index (χ1v) is 8.67. The van der Waals surface area contributed by atoms with Crippen molar-refractivity contribution in [1.82, 2.24) is 0 Å². The molecule has 0 aliphatic rings. The predicted molar refractivity (Wildman–Crippen MR) is 92.3 cm³/mol. The van der Waals surface area contributed by atoms with Gasteiger partial charge in [-0.2, -0.15) is 0 Å².